The Kier molecular flexibility index (Phi) is 4.42. The highest BCUT2D eigenvalue weighted by Gasteiger charge is 2.15. The van der Waals surface area contributed by atoms with Gasteiger partial charge in [0.15, 0.2) is 0 Å². The van der Waals surface area contributed by atoms with Gasteiger partial charge in [-0.3, -0.25) is 4.57 Å². The average molecular weight is 179 g/mol. The van der Waals surface area contributed by atoms with Crippen LogP contribution in [0.4, 0.5) is 0 Å². The molecule has 0 radical (unpaired) electrons. The van der Waals surface area contributed by atoms with Gasteiger partial charge in [0, 0.05) is 40.3 Å². The van der Waals surface area contributed by atoms with Crippen LogP contribution in [0.3, 0.4) is 0 Å². The van der Waals surface area contributed by atoms with Gasteiger partial charge in [0.2, 0.25) is 0 Å². The summed E-state index contributed by atoms with van der Waals surface area (Å²) in [4.78, 5) is 1.75. The lowest BCUT2D eigenvalue weighted by Gasteiger charge is -2.09. The normalized spacial score (nSPS) is 12.4. The number of nitrogens with zero attached hydrogens (tertiary/aromatic N) is 1. The van der Waals surface area contributed by atoms with Crippen molar-refractivity contribution in [2.45, 2.75) is 0 Å². The molecule has 0 amide bonds. The third kappa shape index (κ3) is 4.19. The monoisotopic (exact) mass is 179 g/mol. The van der Waals surface area contributed by atoms with Gasteiger partial charge in [-0.2, -0.15) is 0 Å². The second kappa shape index (κ2) is 4.54. The van der Waals surface area contributed by atoms with Crippen molar-refractivity contribution >= 4 is 7.60 Å². The minimum Gasteiger partial charge on any atom is -0.383 e. The Hall–Kier alpha value is -0.310. The van der Waals surface area contributed by atoms with E-state index in [1.165, 1.54) is 20.0 Å². The SMILES string of the molecule is COP(=O)(/C=C/N(C)C)OC. The van der Waals surface area contributed by atoms with Crippen molar-refractivity contribution in [3.63, 3.8) is 0 Å². The second-order valence-electron chi connectivity index (χ2n) is 2.17. The van der Waals surface area contributed by atoms with Crippen LogP contribution >= 0.6 is 7.60 Å². The molecule has 0 saturated heterocycles. The van der Waals surface area contributed by atoms with E-state index in [0.717, 1.165) is 0 Å². The van der Waals surface area contributed by atoms with E-state index in [1.807, 2.05) is 14.1 Å². The van der Waals surface area contributed by atoms with Crippen molar-refractivity contribution in [2.75, 3.05) is 28.3 Å². The maximum absolute atomic E-state index is 11.3. The molecule has 0 aliphatic heterocycles. The number of hydrogen-bond acceptors (Lipinski definition) is 4. The molecule has 11 heavy (non-hydrogen) atoms. The highest BCUT2D eigenvalue weighted by molar-refractivity contribution is 7.57. The molecule has 0 bridgehead atoms. The summed E-state index contributed by atoms with van der Waals surface area (Å²) in [6, 6.07) is 0. The van der Waals surface area contributed by atoms with Crippen LogP contribution in [0.25, 0.3) is 0 Å². The molecule has 5 heteroatoms. The van der Waals surface area contributed by atoms with E-state index in [2.05, 4.69) is 9.05 Å². The minimum absolute atomic E-state index is 1.35. The Morgan fingerprint density at radius 2 is 1.73 bits per heavy atom. The maximum Gasteiger partial charge on any atom is 0.355 e. The van der Waals surface area contributed by atoms with Gasteiger partial charge in [0.25, 0.3) is 0 Å². The summed E-state index contributed by atoms with van der Waals surface area (Å²) in [6.07, 6.45) is 1.63. The Morgan fingerprint density at radius 1 is 1.27 bits per heavy atom. The molecule has 0 aromatic heterocycles. The summed E-state index contributed by atoms with van der Waals surface area (Å²) < 4.78 is 20.6. The Balaban J connectivity index is 4.19. The fourth-order valence-electron chi connectivity index (χ4n) is 0.411. The summed E-state index contributed by atoms with van der Waals surface area (Å²) >= 11 is 0. The van der Waals surface area contributed by atoms with Crippen LogP contribution < -0.4 is 0 Å². The topological polar surface area (TPSA) is 38.8 Å². The Morgan fingerprint density at radius 3 is 2.00 bits per heavy atom. The Bertz CT molecular complexity index is 171. The van der Waals surface area contributed by atoms with Gasteiger partial charge in [-0.15, -0.1) is 0 Å². The van der Waals surface area contributed by atoms with E-state index in [0.29, 0.717) is 0 Å². The Labute approximate surface area is 67.3 Å². The molecule has 0 aliphatic carbocycles. The van der Waals surface area contributed by atoms with Crippen LogP contribution in [0.2, 0.25) is 0 Å². The van der Waals surface area contributed by atoms with E-state index >= 15 is 0 Å². The summed E-state index contributed by atoms with van der Waals surface area (Å²) in [5.74, 6) is 1.41. The zero-order chi connectivity index (χ0) is 8.91. The van der Waals surface area contributed by atoms with Crippen LogP contribution in [0, 0.1) is 0 Å². The largest absolute Gasteiger partial charge is 0.383 e. The van der Waals surface area contributed by atoms with Gasteiger partial charge in [-0.25, -0.2) is 0 Å². The molecule has 0 saturated carbocycles. The van der Waals surface area contributed by atoms with Gasteiger partial charge < -0.3 is 13.9 Å². The first-order valence-corrected chi connectivity index (χ1v) is 4.72. The zero-order valence-corrected chi connectivity index (χ0v) is 8.17. The lowest BCUT2D eigenvalue weighted by atomic mass is 10.9. The molecule has 0 fully saturated rings. The van der Waals surface area contributed by atoms with Crippen LogP contribution in [0.5, 0.6) is 0 Å². The third-order valence-corrected chi connectivity index (χ3v) is 2.57. The lowest BCUT2D eigenvalue weighted by molar-refractivity contribution is 0.285. The van der Waals surface area contributed by atoms with Crippen LogP contribution in [0.1, 0.15) is 0 Å². The third-order valence-electron chi connectivity index (χ3n) is 1.06. The van der Waals surface area contributed by atoms with E-state index in [9.17, 15) is 4.57 Å². The summed E-state index contributed by atoms with van der Waals surface area (Å²) in [5, 5.41) is 0. The molecular formula is C6H14NO3P. The molecule has 0 aromatic carbocycles. The molecule has 0 atom stereocenters. The molecule has 0 heterocycles. The molecule has 0 aromatic rings. The van der Waals surface area contributed by atoms with Gasteiger partial charge >= 0.3 is 7.60 Å². The highest BCUT2D eigenvalue weighted by atomic mass is 31.2. The first kappa shape index (κ1) is 10.7. The summed E-state index contributed by atoms with van der Waals surface area (Å²) in [7, 11) is 3.40. The second-order valence-corrected chi connectivity index (χ2v) is 4.27. The molecule has 0 rings (SSSR count). The fourth-order valence-corrected chi connectivity index (χ4v) is 1.23. The summed E-state index contributed by atoms with van der Waals surface area (Å²) in [6.45, 7) is 0. The molecule has 0 spiro atoms. The molecule has 4 nitrogen and oxygen atoms in total. The predicted octanol–water partition coefficient (Wildman–Crippen LogP) is 1.51. The van der Waals surface area contributed by atoms with Crippen molar-refractivity contribution in [2.24, 2.45) is 0 Å². The van der Waals surface area contributed by atoms with Crippen molar-refractivity contribution in [3.05, 3.63) is 12.0 Å². The molecule has 0 aliphatic rings. The van der Waals surface area contributed by atoms with Gasteiger partial charge in [0.1, 0.15) is 0 Å². The van der Waals surface area contributed by atoms with Crippen LogP contribution in [0.15, 0.2) is 12.0 Å². The molecule has 66 valence electrons. The standard InChI is InChI=1S/C6H14NO3P/c1-7(2)5-6-11(8,9-3)10-4/h5-6H,1-4H3/b6-5+. The number of hydrogen-bond donors (Lipinski definition) is 0. The average Bonchev–Trinajstić information content (AvgIpc) is 2.00. The van der Waals surface area contributed by atoms with E-state index < -0.39 is 7.60 Å². The van der Waals surface area contributed by atoms with Crippen molar-refractivity contribution < 1.29 is 13.6 Å². The van der Waals surface area contributed by atoms with Gasteiger partial charge in [-0.1, -0.05) is 0 Å². The van der Waals surface area contributed by atoms with Crippen molar-refractivity contribution in [3.8, 4) is 0 Å². The minimum atomic E-state index is -2.96. The molecule has 0 N–H and O–H groups in total. The first-order chi connectivity index (χ1) is 5.04. The fraction of sp³-hybridized carbons (Fsp3) is 0.667. The van der Waals surface area contributed by atoms with E-state index in [1.54, 1.807) is 11.1 Å². The van der Waals surface area contributed by atoms with Crippen LogP contribution in [-0.4, -0.2) is 33.2 Å². The first-order valence-electron chi connectivity index (χ1n) is 3.11. The van der Waals surface area contributed by atoms with Gasteiger partial charge in [0.05, 0.1) is 0 Å². The molecule has 0 unspecified atom stereocenters. The van der Waals surface area contributed by atoms with Gasteiger partial charge in [-0.05, 0) is 0 Å². The highest BCUT2D eigenvalue weighted by Crippen LogP contribution is 2.47. The van der Waals surface area contributed by atoms with E-state index in [4.69, 9.17) is 0 Å². The number of rotatable bonds is 4. The predicted molar refractivity (Wildman–Crippen MR) is 44.5 cm³/mol. The smallest absolute Gasteiger partial charge is 0.355 e. The molecular weight excluding hydrogens is 165 g/mol. The van der Waals surface area contributed by atoms with E-state index in [-0.39, 0.29) is 0 Å². The van der Waals surface area contributed by atoms with Crippen molar-refractivity contribution in [1.29, 1.82) is 0 Å². The maximum atomic E-state index is 11.3. The van der Waals surface area contributed by atoms with Crippen LogP contribution in [-0.2, 0) is 13.6 Å². The quantitative estimate of drug-likeness (QED) is 0.613. The zero-order valence-electron chi connectivity index (χ0n) is 7.27. The van der Waals surface area contributed by atoms with Crippen molar-refractivity contribution in [1.82, 2.24) is 4.90 Å². The summed E-state index contributed by atoms with van der Waals surface area (Å²) in [5.41, 5.74) is 0. The lowest BCUT2D eigenvalue weighted by Crippen LogP contribution is -2.00.